The van der Waals surface area contributed by atoms with E-state index in [1.54, 1.807) is 54.5 Å². The van der Waals surface area contributed by atoms with Crippen LogP contribution in [0.3, 0.4) is 0 Å². The van der Waals surface area contributed by atoms with Crippen molar-refractivity contribution in [3.05, 3.63) is 82.3 Å². The lowest BCUT2D eigenvalue weighted by Crippen LogP contribution is -2.33. The number of hydrogen-bond donors (Lipinski definition) is 1. The van der Waals surface area contributed by atoms with Gasteiger partial charge in [0.1, 0.15) is 17.2 Å². The Bertz CT molecular complexity index is 1200. The fourth-order valence-corrected chi connectivity index (χ4v) is 4.23. The van der Waals surface area contributed by atoms with E-state index in [2.05, 4.69) is 21.9 Å². The molecule has 0 saturated heterocycles. The van der Waals surface area contributed by atoms with Crippen LogP contribution in [0.5, 0.6) is 5.75 Å². The summed E-state index contributed by atoms with van der Waals surface area (Å²) in [7, 11) is 1.57. The fourth-order valence-electron chi connectivity index (χ4n) is 3.14. The number of carbonyl (C=O) groups is 1. The van der Waals surface area contributed by atoms with Crippen LogP contribution in [0.1, 0.15) is 17.9 Å². The minimum Gasteiger partial charge on any atom is -0.494 e. The quantitative estimate of drug-likeness (QED) is 0.213. The number of nitrogens with one attached hydrogen (secondary N) is 1. The van der Waals surface area contributed by atoms with Crippen LogP contribution in [0.15, 0.2) is 66.6 Å². The average Bonchev–Trinajstić information content (AvgIpc) is 3.23. The molecule has 0 aliphatic carbocycles. The van der Waals surface area contributed by atoms with Gasteiger partial charge < -0.3 is 14.6 Å². The van der Waals surface area contributed by atoms with Crippen LogP contribution in [0.25, 0.3) is 5.69 Å². The molecule has 1 amide bonds. The number of allylic oxidation sites excluding steroid dienone is 1. The van der Waals surface area contributed by atoms with Crippen LogP contribution in [0, 0.1) is 0 Å². The zero-order chi connectivity index (χ0) is 24.0. The topological polar surface area (TPSA) is 68.5 Å². The van der Waals surface area contributed by atoms with Gasteiger partial charge in [0.2, 0.25) is 5.91 Å². The summed E-state index contributed by atoms with van der Waals surface area (Å²) in [5, 5.41) is 4.62. The van der Waals surface area contributed by atoms with Gasteiger partial charge in [0, 0.05) is 22.3 Å². The summed E-state index contributed by atoms with van der Waals surface area (Å²) in [5.41, 5.74) is 2.04. The van der Waals surface area contributed by atoms with Crippen LogP contribution >= 0.6 is 46.6 Å². The first-order valence-electron chi connectivity index (χ1n) is 9.73. The Hall–Kier alpha value is -2.45. The Morgan fingerprint density at radius 2 is 2.09 bits per heavy atom. The van der Waals surface area contributed by atoms with Crippen LogP contribution in [-0.2, 0) is 4.79 Å². The number of ether oxygens (including phenoxy) is 1. The number of methoxy groups -OCH3 is 1. The molecule has 0 radical (unpaired) electrons. The number of nitrogens with zero attached hydrogens (tertiary/aromatic N) is 3. The van der Waals surface area contributed by atoms with Crippen LogP contribution < -0.4 is 10.1 Å². The minimum absolute atomic E-state index is 0.246. The first-order valence-corrected chi connectivity index (χ1v) is 12.1. The van der Waals surface area contributed by atoms with Gasteiger partial charge in [0.25, 0.3) is 0 Å². The second-order valence-corrected chi connectivity index (χ2v) is 8.84. The van der Waals surface area contributed by atoms with E-state index >= 15 is 0 Å². The maximum Gasteiger partial charge on any atom is 0.233 e. The highest BCUT2D eigenvalue weighted by Gasteiger charge is 2.23. The average molecular weight is 524 g/mol. The van der Waals surface area contributed by atoms with Crippen molar-refractivity contribution in [3.63, 3.8) is 0 Å². The molecule has 3 aromatic rings. The molecule has 3 rings (SSSR count). The first kappa shape index (κ1) is 25.2. The van der Waals surface area contributed by atoms with Crippen molar-refractivity contribution in [3.8, 4) is 11.4 Å². The molecule has 10 heteroatoms. The molecule has 1 unspecified atom stereocenters. The molecule has 6 nitrogen and oxygen atoms in total. The highest BCUT2D eigenvalue weighted by atomic mass is 35.5. The van der Waals surface area contributed by atoms with E-state index < -0.39 is 5.92 Å². The van der Waals surface area contributed by atoms with Gasteiger partial charge in [-0.3, -0.25) is 4.79 Å². The Morgan fingerprint density at radius 3 is 2.70 bits per heavy atom. The number of aliphatic imine (C=N–C) groups is 1. The largest absolute Gasteiger partial charge is 0.494 e. The van der Waals surface area contributed by atoms with Gasteiger partial charge in [0.05, 0.1) is 24.4 Å². The molecule has 1 atom stereocenters. The van der Waals surface area contributed by atoms with Crippen LogP contribution in [0.2, 0.25) is 15.2 Å². The van der Waals surface area contributed by atoms with Gasteiger partial charge in [-0.05, 0) is 42.5 Å². The molecule has 0 fully saturated rings. The van der Waals surface area contributed by atoms with Gasteiger partial charge in [-0.15, -0.1) is 6.58 Å². The van der Waals surface area contributed by atoms with Gasteiger partial charge in [0.15, 0.2) is 5.17 Å². The molecule has 1 heterocycles. The number of aromatic nitrogens is 2. The molecule has 2 aromatic carbocycles. The maximum absolute atomic E-state index is 13.1. The molecule has 1 aromatic heterocycles. The third-order valence-electron chi connectivity index (χ3n) is 4.70. The number of amides is 1. The summed E-state index contributed by atoms with van der Waals surface area (Å²) < 4.78 is 7.26. The van der Waals surface area contributed by atoms with Crippen molar-refractivity contribution in [1.82, 2.24) is 14.9 Å². The van der Waals surface area contributed by atoms with E-state index in [-0.39, 0.29) is 5.91 Å². The number of thioether (sulfide) groups is 1. The summed E-state index contributed by atoms with van der Waals surface area (Å²) >= 11 is 19.6. The molecule has 0 aliphatic heterocycles. The second kappa shape index (κ2) is 11.6. The molecular weight excluding hydrogens is 503 g/mol. The predicted octanol–water partition coefficient (Wildman–Crippen LogP) is 6.67. The highest BCUT2D eigenvalue weighted by Crippen LogP contribution is 2.31. The third-order valence-corrected chi connectivity index (χ3v) is 6.04. The molecule has 1 N–H and O–H groups in total. The molecule has 0 saturated carbocycles. The minimum atomic E-state index is -0.535. The van der Waals surface area contributed by atoms with Gasteiger partial charge >= 0.3 is 0 Å². The number of hydrogen-bond acceptors (Lipinski definition) is 5. The van der Waals surface area contributed by atoms with Crippen molar-refractivity contribution in [2.24, 2.45) is 4.99 Å². The van der Waals surface area contributed by atoms with Crippen molar-refractivity contribution >= 4 is 63.3 Å². The van der Waals surface area contributed by atoms with Gasteiger partial charge in [-0.1, -0.05) is 58.7 Å². The standard InChI is InChI=1S/C23H21Cl3N4O2S/c1-4-5-17(16-8-6-14(24)10-18(16)25)22(31)29-23(33-3)28-15-7-9-19(20(11-15)32-2)30-12-21(26)27-13-30/h4,6-13,17H,1,5H2,2-3H3,(H,28,29,31). The zero-order valence-corrected chi connectivity index (χ0v) is 21.0. The lowest BCUT2D eigenvalue weighted by Gasteiger charge is -2.17. The lowest BCUT2D eigenvalue weighted by molar-refractivity contribution is -0.121. The van der Waals surface area contributed by atoms with E-state index in [0.29, 0.717) is 43.8 Å². The van der Waals surface area contributed by atoms with E-state index in [0.717, 1.165) is 5.69 Å². The van der Waals surface area contributed by atoms with Crippen LogP contribution in [0.4, 0.5) is 5.69 Å². The SMILES string of the molecule is C=CCC(C(=O)N/C(=N/c1ccc(-n2cnc(Cl)c2)c(OC)c1)SC)c1ccc(Cl)cc1Cl. The number of amidine groups is 1. The summed E-state index contributed by atoms with van der Waals surface area (Å²) in [6.07, 6.45) is 7.19. The Morgan fingerprint density at radius 1 is 1.30 bits per heavy atom. The predicted molar refractivity (Wildman–Crippen MR) is 138 cm³/mol. The monoisotopic (exact) mass is 522 g/mol. The molecule has 33 heavy (non-hydrogen) atoms. The maximum atomic E-state index is 13.1. The normalized spacial score (nSPS) is 12.3. The number of benzene rings is 2. The molecular formula is C23H21Cl3N4O2S. The highest BCUT2D eigenvalue weighted by molar-refractivity contribution is 8.13. The second-order valence-electron chi connectivity index (χ2n) is 6.81. The summed E-state index contributed by atoms with van der Waals surface area (Å²) in [6, 6.07) is 10.5. The Kier molecular flexibility index (Phi) is 8.86. The van der Waals surface area contributed by atoms with Gasteiger partial charge in [-0.25, -0.2) is 9.98 Å². The van der Waals surface area contributed by atoms with Gasteiger partial charge in [-0.2, -0.15) is 0 Å². The molecule has 172 valence electrons. The van der Waals surface area contributed by atoms with E-state index in [1.807, 2.05) is 18.4 Å². The van der Waals surface area contributed by atoms with Crippen molar-refractivity contribution in [2.45, 2.75) is 12.3 Å². The van der Waals surface area contributed by atoms with E-state index in [4.69, 9.17) is 39.5 Å². The van der Waals surface area contributed by atoms with Crippen molar-refractivity contribution in [2.75, 3.05) is 13.4 Å². The van der Waals surface area contributed by atoms with Crippen molar-refractivity contribution in [1.29, 1.82) is 0 Å². The number of carbonyl (C=O) groups excluding carboxylic acids is 1. The lowest BCUT2D eigenvalue weighted by atomic mass is 9.95. The number of rotatable bonds is 7. The third kappa shape index (κ3) is 6.32. The Labute approximate surface area is 211 Å². The van der Waals surface area contributed by atoms with E-state index in [1.165, 1.54) is 11.8 Å². The number of halogens is 3. The molecule has 0 bridgehead atoms. The van der Waals surface area contributed by atoms with Crippen LogP contribution in [-0.4, -0.2) is 34.0 Å². The Balaban J connectivity index is 1.86. The first-order chi connectivity index (χ1) is 15.9. The summed E-state index contributed by atoms with van der Waals surface area (Å²) in [6.45, 7) is 3.76. The fraction of sp³-hybridized carbons (Fsp3) is 0.174. The summed E-state index contributed by atoms with van der Waals surface area (Å²) in [4.78, 5) is 21.7. The van der Waals surface area contributed by atoms with E-state index in [9.17, 15) is 4.79 Å². The molecule has 0 spiro atoms. The molecule has 0 aliphatic rings. The van der Waals surface area contributed by atoms with Crippen molar-refractivity contribution < 1.29 is 9.53 Å². The number of imidazole rings is 1. The summed E-state index contributed by atoms with van der Waals surface area (Å²) in [5.74, 6) is -0.203. The smallest absolute Gasteiger partial charge is 0.233 e. The zero-order valence-electron chi connectivity index (χ0n) is 17.9.